The highest BCUT2D eigenvalue weighted by atomic mass is 79.9. The van der Waals surface area contributed by atoms with Crippen LogP contribution < -0.4 is 5.56 Å². The lowest BCUT2D eigenvalue weighted by molar-refractivity contribution is 0.768. The van der Waals surface area contributed by atoms with Crippen LogP contribution in [0.4, 0.5) is 0 Å². The summed E-state index contributed by atoms with van der Waals surface area (Å²) < 4.78 is 2.54. The summed E-state index contributed by atoms with van der Waals surface area (Å²) in [5.74, 6) is 0. The predicted molar refractivity (Wildman–Crippen MR) is 86.2 cm³/mol. The third kappa shape index (κ3) is 2.74. The Morgan fingerprint density at radius 2 is 2.00 bits per heavy atom. The minimum Gasteiger partial charge on any atom is -0.311 e. The molecule has 0 fully saturated rings. The molecule has 0 amide bonds. The molecule has 2 aromatic carbocycles. The Balaban J connectivity index is 2.07. The summed E-state index contributed by atoms with van der Waals surface area (Å²) in [5, 5.41) is 10.5. The zero-order valence-corrected chi connectivity index (χ0v) is 12.7. The maximum atomic E-state index is 12.5. The molecular formula is C17H11BrN2O. The van der Waals surface area contributed by atoms with Crippen LogP contribution in [0.15, 0.2) is 64.0 Å². The molecule has 1 aromatic heterocycles. The normalized spacial score (nSPS) is 10.5. The highest BCUT2D eigenvalue weighted by molar-refractivity contribution is 9.10. The summed E-state index contributed by atoms with van der Waals surface area (Å²) in [6, 6.07) is 17.0. The molecule has 0 spiro atoms. The fraction of sp³-hybridized carbons (Fsp3) is 0.0588. The number of benzene rings is 2. The van der Waals surface area contributed by atoms with E-state index in [1.54, 1.807) is 22.9 Å². The van der Waals surface area contributed by atoms with Gasteiger partial charge in [-0.1, -0.05) is 34.1 Å². The predicted octanol–water partition coefficient (Wildman–Crippen LogP) is 3.68. The van der Waals surface area contributed by atoms with Crippen LogP contribution >= 0.6 is 15.9 Å². The minimum absolute atomic E-state index is 0.0313. The van der Waals surface area contributed by atoms with Crippen molar-refractivity contribution in [2.45, 2.75) is 6.54 Å². The zero-order valence-electron chi connectivity index (χ0n) is 11.1. The van der Waals surface area contributed by atoms with Crippen LogP contribution in [0.25, 0.3) is 10.8 Å². The summed E-state index contributed by atoms with van der Waals surface area (Å²) in [6.07, 6.45) is 1.79. The van der Waals surface area contributed by atoms with Gasteiger partial charge >= 0.3 is 0 Å². The number of nitrogens with zero attached hydrogens (tertiary/aromatic N) is 2. The van der Waals surface area contributed by atoms with Gasteiger partial charge < -0.3 is 4.57 Å². The van der Waals surface area contributed by atoms with Gasteiger partial charge in [0.15, 0.2) is 0 Å². The molecular weight excluding hydrogens is 328 g/mol. The molecule has 21 heavy (non-hydrogen) atoms. The second-order valence-electron chi connectivity index (χ2n) is 4.79. The van der Waals surface area contributed by atoms with Gasteiger partial charge in [-0.15, -0.1) is 0 Å². The smallest absolute Gasteiger partial charge is 0.258 e. The molecule has 0 N–H and O–H groups in total. The highest BCUT2D eigenvalue weighted by Crippen LogP contribution is 2.17. The van der Waals surface area contributed by atoms with Crippen molar-refractivity contribution in [1.82, 2.24) is 4.57 Å². The van der Waals surface area contributed by atoms with Crippen molar-refractivity contribution in [3.63, 3.8) is 0 Å². The van der Waals surface area contributed by atoms with Crippen molar-refractivity contribution < 1.29 is 0 Å². The Morgan fingerprint density at radius 3 is 2.81 bits per heavy atom. The van der Waals surface area contributed by atoms with Gasteiger partial charge in [-0.25, -0.2) is 0 Å². The fourth-order valence-electron chi connectivity index (χ4n) is 2.31. The molecule has 3 rings (SSSR count). The number of fused-ring (bicyclic) bond motifs is 1. The van der Waals surface area contributed by atoms with E-state index in [-0.39, 0.29) is 5.56 Å². The maximum absolute atomic E-state index is 12.5. The molecule has 0 unspecified atom stereocenters. The van der Waals surface area contributed by atoms with Gasteiger partial charge in [-0.05, 0) is 41.3 Å². The standard InChI is InChI=1S/C17H11BrN2O/c18-15-5-4-14-6-7-20(17(21)16(14)9-15)11-13-3-1-2-12(8-13)10-19/h1-9H,11H2. The maximum Gasteiger partial charge on any atom is 0.258 e. The number of pyridine rings is 1. The number of nitriles is 1. The molecule has 0 atom stereocenters. The van der Waals surface area contributed by atoms with Crippen LogP contribution in [0.2, 0.25) is 0 Å². The Hall–Kier alpha value is -2.38. The molecule has 0 bridgehead atoms. The quantitative estimate of drug-likeness (QED) is 0.715. The molecule has 1 heterocycles. The summed E-state index contributed by atoms with van der Waals surface area (Å²) in [4.78, 5) is 12.5. The van der Waals surface area contributed by atoms with Crippen molar-refractivity contribution >= 4 is 26.7 Å². The Labute approximate surface area is 130 Å². The first-order valence-corrected chi connectivity index (χ1v) is 7.24. The molecule has 0 aliphatic rings. The Bertz CT molecular complexity index is 922. The minimum atomic E-state index is -0.0313. The van der Waals surface area contributed by atoms with Gasteiger partial charge in [-0.3, -0.25) is 4.79 Å². The monoisotopic (exact) mass is 338 g/mol. The largest absolute Gasteiger partial charge is 0.311 e. The topological polar surface area (TPSA) is 45.8 Å². The van der Waals surface area contributed by atoms with E-state index in [0.717, 1.165) is 15.4 Å². The highest BCUT2D eigenvalue weighted by Gasteiger charge is 2.04. The van der Waals surface area contributed by atoms with E-state index in [9.17, 15) is 4.79 Å². The Morgan fingerprint density at radius 1 is 1.14 bits per heavy atom. The van der Waals surface area contributed by atoms with Crippen LogP contribution in [-0.2, 0) is 6.54 Å². The second-order valence-corrected chi connectivity index (χ2v) is 5.71. The zero-order chi connectivity index (χ0) is 14.8. The van der Waals surface area contributed by atoms with Crippen LogP contribution in [-0.4, -0.2) is 4.57 Å². The van der Waals surface area contributed by atoms with E-state index in [0.29, 0.717) is 17.5 Å². The van der Waals surface area contributed by atoms with E-state index in [4.69, 9.17) is 5.26 Å². The van der Waals surface area contributed by atoms with Crippen LogP contribution in [0.1, 0.15) is 11.1 Å². The first kappa shape index (κ1) is 13.6. The number of aromatic nitrogens is 1. The van der Waals surface area contributed by atoms with E-state index in [2.05, 4.69) is 22.0 Å². The van der Waals surface area contributed by atoms with Gasteiger partial charge in [0.25, 0.3) is 5.56 Å². The number of rotatable bonds is 2. The van der Waals surface area contributed by atoms with Gasteiger partial charge in [0.05, 0.1) is 18.2 Å². The lowest BCUT2D eigenvalue weighted by Gasteiger charge is -2.08. The third-order valence-electron chi connectivity index (χ3n) is 3.35. The number of halogens is 1. The van der Waals surface area contributed by atoms with Gasteiger partial charge in [0, 0.05) is 16.1 Å². The lowest BCUT2D eigenvalue weighted by atomic mass is 10.1. The third-order valence-corrected chi connectivity index (χ3v) is 3.84. The molecule has 102 valence electrons. The SMILES string of the molecule is N#Cc1cccc(Cn2ccc3ccc(Br)cc3c2=O)c1. The van der Waals surface area contributed by atoms with Gasteiger partial charge in [0.1, 0.15) is 0 Å². The van der Waals surface area contributed by atoms with Gasteiger partial charge in [-0.2, -0.15) is 5.26 Å². The first-order valence-electron chi connectivity index (χ1n) is 6.45. The van der Waals surface area contributed by atoms with Crippen molar-refractivity contribution in [1.29, 1.82) is 5.26 Å². The Kier molecular flexibility index (Phi) is 3.59. The summed E-state index contributed by atoms with van der Waals surface area (Å²) in [6.45, 7) is 0.455. The average molecular weight is 339 g/mol. The first-order chi connectivity index (χ1) is 10.2. The van der Waals surface area contributed by atoms with Crippen molar-refractivity contribution in [3.8, 4) is 6.07 Å². The number of hydrogen-bond acceptors (Lipinski definition) is 2. The lowest BCUT2D eigenvalue weighted by Crippen LogP contribution is -2.20. The second kappa shape index (κ2) is 5.55. The van der Waals surface area contributed by atoms with E-state index < -0.39 is 0 Å². The molecule has 0 aliphatic heterocycles. The van der Waals surface area contributed by atoms with Crippen LogP contribution in [0.3, 0.4) is 0 Å². The van der Waals surface area contributed by atoms with E-state index >= 15 is 0 Å². The van der Waals surface area contributed by atoms with Gasteiger partial charge in [0.2, 0.25) is 0 Å². The van der Waals surface area contributed by atoms with Crippen molar-refractivity contribution in [2.24, 2.45) is 0 Å². The average Bonchev–Trinajstić information content (AvgIpc) is 2.51. The van der Waals surface area contributed by atoms with Crippen molar-refractivity contribution in [3.05, 3.63) is 80.7 Å². The summed E-state index contributed by atoms with van der Waals surface area (Å²) in [7, 11) is 0. The molecule has 0 radical (unpaired) electrons. The summed E-state index contributed by atoms with van der Waals surface area (Å²) >= 11 is 3.39. The van der Waals surface area contributed by atoms with Crippen molar-refractivity contribution in [2.75, 3.05) is 0 Å². The molecule has 0 aliphatic carbocycles. The molecule has 3 nitrogen and oxygen atoms in total. The molecule has 0 saturated carbocycles. The summed E-state index contributed by atoms with van der Waals surface area (Å²) in [5.41, 5.74) is 1.51. The molecule has 4 heteroatoms. The van der Waals surface area contributed by atoms with Crippen LogP contribution in [0.5, 0.6) is 0 Å². The molecule has 3 aromatic rings. The molecule has 0 saturated heterocycles. The van der Waals surface area contributed by atoms with Crippen LogP contribution in [0, 0.1) is 11.3 Å². The van der Waals surface area contributed by atoms with E-state index in [1.807, 2.05) is 36.4 Å². The number of hydrogen-bond donors (Lipinski definition) is 0. The van der Waals surface area contributed by atoms with E-state index in [1.165, 1.54) is 0 Å². The fourth-order valence-corrected chi connectivity index (χ4v) is 2.67.